The van der Waals surface area contributed by atoms with Crippen LogP contribution in [0.2, 0.25) is 0 Å². The predicted octanol–water partition coefficient (Wildman–Crippen LogP) is 3.11. The molecule has 0 N–H and O–H groups in total. The van der Waals surface area contributed by atoms with Gasteiger partial charge in [0.2, 0.25) is 0 Å². The van der Waals surface area contributed by atoms with Crippen molar-refractivity contribution in [3.8, 4) is 0 Å². The van der Waals surface area contributed by atoms with Crippen molar-refractivity contribution in [2.24, 2.45) is 22.7 Å². The molecule has 0 radical (unpaired) electrons. The summed E-state index contributed by atoms with van der Waals surface area (Å²) in [5, 5.41) is 1.21. The maximum absolute atomic E-state index is 11.0. The fraction of sp³-hybridized carbons (Fsp3) is 0.867. The van der Waals surface area contributed by atoms with Crippen molar-refractivity contribution in [1.82, 2.24) is 0 Å². The fourth-order valence-electron chi connectivity index (χ4n) is 2.72. The third-order valence-corrected chi connectivity index (χ3v) is 5.29. The summed E-state index contributed by atoms with van der Waals surface area (Å²) in [6.07, 6.45) is 1.01. The standard InChI is InChI=1S/C15H25NO3S/c1-8(2)6-13-16-14-10(4)9(3)12(7-18-11(5)17)19-15(14)20-13/h8-10,12,14-15H,6-7H2,1-5H3/t9-,10-,12+,14+,15+/m0/s1. The van der Waals surface area contributed by atoms with Gasteiger partial charge in [-0.05, 0) is 24.2 Å². The van der Waals surface area contributed by atoms with Crippen LogP contribution in [0, 0.1) is 17.8 Å². The van der Waals surface area contributed by atoms with Crippen molar-refractivity contribution in [2.75, 3.05) is 6.61 Å². The van der Waals surface area contributed by atoms with E-state index < -0.39 is 0 Å². The summed E-state index contributed by atoms with van der Waals surface area (Å²) in [5.41, 5.74) is 0.0931. The first kappa shape index (κ1) is 15.8. The molecule has 4 nitrogen and oxygen atoms in total. The van der Waals surface area contributed by atoms with Gasteiger partial charge in [0.1, 0.15) is 12.0 Å². The lowest BCUT2D eigenvalue weighted by Crippen LogP contribution is -2.47. The second-order valence-electron chi connectivity index (χ2n) is 6.29. The highest BCUT2D eigenvalue weighted by Gasteiger charge is 2.45. The van der Waals surface area contributed by atoms with E-state index >= 15 is 0 Å². The number of hydrogen-bond acceptors (Lipinski definition) is 5. The number of esters is 1. The largest absolute Gasteiger partial charge is 0.463 e. The van der Waals surface area contributed by atoms with Gasteiger partial charge in [0, 0.05) is 6.92 Å². The molecular weight excluding hydrogens is 274 g/mol. The molecular formula is C15H25NO3S. The Bertz CT molecular complexity index is 397. The number of hydrogen-bond donors (Lipinski definition) is 0. The number of fused-ring (bicyclic) bond motifs is 1. The molecule has 0 aromatic heterocycles. The molecule has 0 spiro atoms. The van der Waals surface area contributed by atoms with Gasteiger partial charge < -0.3 is 9.47 Å². The summed E-state index contributed by atoms with van der Waals surface area (Å²) in [5.74, 6) is 1.17. The lowest BCUT2D eigenvalue weighted by molar-refractivity contribution is -0.152. The molecule has 2 rings (SSSR count). The number of rotatable bonds is 4. The lowest BCUT2D eigenvalue weighted by Gasteiger charge is -2.40. The Morgan fingerprint density at radius 1 is 1.40 bits per heavy atom. The number of carbonyl (C=O) groups is 1. The van der Waals surface area contributed by atoms with E-state index in [0.29, 0.717) is 24.4 Å². The molecule has 0 aromatic carbocycles. The van der Waals surface area contributed by atoms with Gasteiger partial charge in [-0.1, -0.05) is 39.5 Å². The molecule has 114 valence electrons. The third kappa shape index (κ3) is 3.55. The molecule has 1 fully saturated rings. The molecule has 1 saturated heterocycles. The van der Waals surface area contributed by atoms with Crippen LogP contribution in [0.25, 0.3) is 0 Å². The van der Waals surface area contributed by atoms with E-state index in [4.69, 9.17) is 14.5 Å². The summed E-state index contributed by atoms with van der Waals surface area (Å²) in [7, 11) is 0. The van der Waals surface area contributed by atoms with Crippen LogP contribution < -0.4 is 0 Å². The van der Waals surface area contributed by atoms with Crippen molar-refractivity contribution in [3.05, 3.63) is 0 Å². The van der Waals surface area contributed by atoms with E-state index in [1.165, 1.54) is 12.0 Å². The summed E-state index contributed by atoms with van der Waals surface area (Å²) < 4.78 is 11.3. The first-order chi connectivity index (χ1) is 9.38. The lowest BCUT2D eigenvalue weighted by atomic mass is 9.83. The second-order valence-corrected chi connectivity index (χ2v) is 7.46. The van der Waals surface area contributed by atoms with Crippen LogP contribution in [0.5, 0.6) is 0 Å². The second kappa shape index (κ2) is 6.48. The van der Waals surface area contributed by atoms with Crippen LogP contribution in [0.15, 0.2) is 4.99 Å². The van der Waals surface area contributed by atoms with Crippen molar-refractivity contribution in [3.63, 3.8) is 0 Å². The van der Waals surface area contributed by atoms with Gasteiger partial charge in [0.05, 0.1) is 17.2 Å². The van der Waals surface area contributed by atoms with Gasteiger partial charge in [0.25, 0.3) is 0 Å². The highest BCUT2D eigenvalue weighted by molar-refractivity contribution is 8.14. The average Bonchev–Trinajstić information content (AvgIpc) is 2.73. The Hall–Kier alpha value is -0.550. The van der Waals surface area contributed by atoms with Crippen LogP contribution in [0.3, 0.4) is 0 Å². The number of aliphatic imine (C=N–C) groups is 1. The van der Waals surface area contributed by atoms with Crippen molar-refractivity contribution in [2.45, 2.75) is 58.6 Å². The summed E-state index contributed by atoms with van der Waals surface area (Å²) >= 11 is 1.75. The summed E-state index contributed by atoms with van der Waals surface area (Å²) in [6, 6.07) is 0.248. The van der Waals surface area contributed by atoms with Gasteiger partial charge in [-0.2, -0.15) is 0 Å². The highest BCUT2D eigenvalue weighted by Crippen LogP contribution is 2.42. The molecule has 5 heteroatoms. The smallest absolute Gasteiger partial charge is 0.302 e. The monoisotopic (exact) mass is 299 g/mol. The molecule has 0 amide bonds. The number of thioether (sulfide) groups is 1. The molecule has 0 aromatic rings. The zero-order valence-electron chi connectivity index (χ0n) is 13.0. The zero-order chi connectivity index (χ0) is 14.9. The van der Waals surface area contributed by atoms with Gasteiger partial charge >= 0.3 is 5.97 Å². The van der Waals surface area contributed by atoms with E-state index in [1.807, 2.05) is 0 Å². The maximum Gasteiger partial charge on any atom is 0.302 e. The molecule has 2 heterocycles. The molecule has 2 aliphatic heterocycles. The van der Waals surface area contributed by atoms with Crippen molar-refractivity contribution < 1.29 is 14.3 Å². The third-order valence-electron chi connectivity index (χ3n) is 4.12. The van der Waals surface area contributed by atoms with Crippen LogP contribution >= 0.6 is 11.8 Å². The van der Waals surface area contributed by atoms with Gasteiger partial charge in [0.15, 0.2) is 0 Å². The van der Waals surface area contributed by atoms with Gasteiger partial charge in [-0.3, -0.25) is 9.79 Å². The molecule has 5 atom stereocenters. The summed E-state index contributed by atoms with van der Waals surface area (Å²) in [4.78, 5) is 15.8. The van der Waals surface area contributed by atoms with E-state index in [9.17, 15) is 4.79 Å². The minimum Gasteiger partial charge on any atom is -0.463 e. The number of ether oxygens (including phenoxy) is 2. The minimum absolute atomic E-state index is 0.0174. The summed E-state index contributed by atoms with van der Waals surface area (Å²) in [6.45, 7) is 10.6. The van der Waals surface area contributed by atoms with Crippen molar-refractivity contribution >= 4 is 22.8 Å². The maximum atomic E-state index is 11.0. The predicted molar refractivity (Wildman–Crippen MR) is 81.9 cm³/mol. The highest BCUT2D eigenvalue weighted by atomic mass is 32.2. The Balaban J connectivity index is 1.99. The normalized spacial score (nSPS) is 36.7. The Morgan fingerprint density at radius 3 is 2.70 bits per heavy atom. The molecule has 20 heavy (non-hydrogen) atoms. The molecule has 2 aliphatic rings. The molecule has 0 saturated carbocycles. The fourth-order valence-corrected chi connectivity index (χ4v) is 4.25. The Kier molecular flexibility index (Phi) is 5.13. The number of nitrogens with zero attached hydrogens (tertiary/aromatic N) is 1. The van der Waals surface area contributed by atoms with E-state index in [2.05, 4.69) is 27.7 Å². The molecule has 0 unspecified atom stereocenters. The van der Waals surface area contributed by atoms with E-state index in [0.717, 1.165) is 6.42 Å². The van der Waals surface area contributed by atoms with Crippen LogP contribution in [-0.2, 0) is 14.3 Å². The number of carbonyl (C=O) groups excluding carboxylic acids is 1. The molecule has 0 aliphatic carbocycles. The van der Waals surface area contributed by atoms with Crippen LogP contribution in [-0.4, -0.2) is 35.2 Å². The van der Waals surface area contributed by atoms with Crippen LogP contribution in [0.4, 0.5) is 0 Å². The van der Waals surface area contributed by atoms with Gasteiger partial charge in [-0.15, -0.1) is 0 Å². The SMILES string of the molecule is CC(=O)OC[C@H]1O[C@@H]2SC(CC(C)C)=N[C@@H]2[C@@H](C)[C@@H]1C. The Morgan fingerprint density at radius 2 is 2.10 bits per heavy atom. The van der Waals surface area contributed by atoms with E-state index in [1.54, 1.807) is 11.8 Å². The average molecular weight is 299 g/mol. The first-order valence-corrected chi connectivity index (χ1v) is 8.28. The van der Waals surface area contributed by atoms with Crippen molar-refractivity contribution in [1.29, 1.82) is 0 Å². The quantitative estimate of drug-likeness (QED) is 0.748. The minimum atomic E-state index is -0.244. The molecule has 0 bridgehead atoms. The topological polar surface area (TPSA) is 47.9 Å². The van der Waals surface area contributed by atoms with E-state index in [-0.39, 0.29) is 23.6 Å². The first-order valence-electron chi connectivity index (χ1n) is 7.40. The van der Waals surface area contributed by atoms with Gasteiger partial charge in [-0.25, -0.2) is 0 Å². The van der Waals surface area contributed by atoms with Crippen LogP contribution in [0.1, 0.15) is 41.0 Å². The zero-order valence-corrected chi connectivity index (χ0v) is 13.8. The Labute approximate surface area is 125 Å².